The van der Waals surface area contributed by atoms with Gasteiger partial charge < -0.3 is 58.6 Å². The highest BCUT2D eigenvalue weighted by Gasteiger charge is 2.52. The zero-order chi connectivity index (χ0) is 37.3. The Bertz CT molecular complexity index is 1260. The molecule has 2 aliphatic heterocycles. The monoisotopic (exact) mass is 751 g/mol. The summed E-state index contributed by atoms with van der Waals surface area (Å²) >= 11 is 6.20. The molecule has 1 aromatic rings. The van der Waals surface area contributed by atoms with E-state index in [0.717, 1.165) is 0 Å². The van der Waals surface area contributed by atoms with E-state index in [1.807, 2.05) is 13.1 Å². The molecule has 1 aromatic carbocycles. The summed E-state index contributed by atoms with van der Waals surface area (Å²) in [5, 5.41) is 57.8. The van der Waals surface area contributed by atoms with E-state index in [1.54, 1.807) is 18.2 Å². The molecule has 0 radical (unpaired) electrons. The van der Waals surface area contributed by atoms with Crippen LogP contribution >= 0.6 is 11.6 Å². The maximum atomic E-state index is 11.6. The standard InChI is InChI=1S/C33H58ClNO12Si2/c1-18(36)35-21-14-19(12-13-20(21)34)15-42-30-28(41)26(39)29(23(46-30)17-44-49(10,11)33(5,6)7)47-31-27(40)25(38)24(37)22(45-31)16-43-48(8,9)32(2,3)4/h12-14,22-31,37-41H,15-17H2,1-11H3,(H,35,36)/t22-,23-,24-,25+,26-,27-,28-,29-,30-,31-/m1/s1. The Balaban J connectivity index is 1.83. The van der Waals surface area contributed by atoms with Crippen LogP contribution in [0.4, 0.5) is 5.69 Å². The minimum atomic E-state index is -2.35. The van der Waals surface area contributed by atoms with Crippen LogP contribution in [0.3, 0.4) is 0 Å². The molecule has 13 nitrogen and oxygen atoms in total. The van der Waals surface area contributed by atoms with Gasteiger partial charge in [-0.05, 0) is 54.0 Å². The third-order valence-electron chi connectivity index (χ3n) is 10.2. The Morgan fingerprint density at radius 1 is 0.796 bits per heavy atom. The molecule has 282 valence electrons. The van der Waals surface area contributed by atoms with Crippen molar-refractivity contribution in [2.24, 2.45) is 0 Å². The number of halogens is 1. The van der Waals surface area contributed by atoms with Crippen molar-refractivity contribution in [1.82, 2.24) is 0 Å². The lowest BCUT2D eigenvalue weighted by Crippen LogP contribution is -2.65. The number of carbonyl (C=O) groups is 1. The van der Waals surface area contributed by atoms with Crippen molar-refractivity contribution in [3.05, 3.63) is 28.8 Å². The van der Waals surface area contributed by atoms with E-state index in [1.165, 1.54) is 6.92 Å². The molecular weight excluding hydrogens is 694 g/mol. The number of benzene rings is 1. The number of hydrogen-bond donors (Lipinski definition) is 6. The van der Waals surface area contributed by atoms with E-state index in [9.17, 15) is 30.3 Å². The molecule has 49 heavy (non-hydrogen) atoms. The lowest BCUT2D eigenvalue weighted by atomic mass is 9.97. The number of nitrogens with one attached hydrogen (secondary N) is 1. The first kappa shape index (κ1) is 42.4. The van der Waals surface area contributed by atoms with E-state index in [0.29, 0.717) is 16.3 Å². The largest absolute Gasteiger partial charge is 0.414 e. The van der Waals surface area contributed by atoms with E-state index < -0.39 is 78.0 Å². The number of aliphatic hydroxyl groups is 5. The molecule has 2 saturated heterocycles. The molecule has 0 bridgehead atoms. The van der Waals surface area contributed by atoms with Crippen LogP contribution in [0.2, 0.25) is 41.3 Å². The normalized spacial score (nSPS) is 31.9. The van der Waals surface area contributed by atoms with Crippen molar-refractivity contribution in [2.45, 2.75) is 153 Å². The SMILES string of the molecule is CC(=O)Nc1cc(CO[C@@H]2O[C@H](CO[Si](C)(C)C(C)(C)C)[C@@H](O[C@H]3O[C@H](CO[Si](C)(C)C(C)(C)C)[C@@H](O)[C@H](O)[C@H]3O)[C@H](O)[C@H]2O)ccc1Cl. The van der Waals surface area contributed by atoms with Gasteiger partial charge in [-0.15, -0.1) is 0 Å². The van der Waals surface area contributed by atoms with Crippen LogP contribution in [-0.4, -0.2) is 123 Å². The highest BCUT2D eigenvalue weighted by molar-refractivity contribution is 6.74. The lowest BCUT2D eigenvalue weighted by Gasteiger charge is -2.47. The summed E-state index contributed by atoms with van der Waals surface area (Å²) in [5.74, 6) is -0.298. The summed E-state index contributed by atoms with van der Waals surface area (Å²) in [4.78, 5) is 11.6. The highest BCUT2D eigenvalue weighted by Crippen LogP contribution is 2.39. The molecule has 0 aliphatic carbocycles. The molecule has 2 heterocycles. The molecule has 0 unspecified atom stereocenters. The maximum absolute atomic E-state index is 11.6. The first-order valence-corrected chi connectivity index (χ1v) is 22.9. The maximum Gasteiger partial charge on any atom is 0.221 e. The van der Waals surface area contributed by atoms with Crippen molar-refractivity contribution < 1.29 is 58.1 Å². The van der Waals surface area contributed by atoms with Gasteiger partial charge in [0.15, 0.2) is 29.2 Å². The molecular formula is C33H58ClNO12Si2. The van der Waals surface area contributed by atoms with Crippen LogP contribution in [0, 0.1) is 0 Å². The van der Waals surface area contributed by atoms with Gasteiger partial charge in [-0.1, -0.05) is 59.2 Å². The minimum absolute atomic E-state index is 0.0513. The Kier molecular flexibility index (Phi) is 14.1. The number of rotatable bonds is 12. The highest BCUT2D eigenvalue weighted by atomic mass is 35.5. The second-order valence-corrected chi connectivity index (χ2v) is 26.1. The van der Waals surface area contributed by atoms with Gasteiger partial charge in [0.05, 0.1) is 30.5 Å². The zero-order valence-corrected chi connectivity index (χ0v) is 33.4. The molecule has 0 spiro atoms. The van der Waals surface area contributed by atoms with Crippen molar-refractivity contribution in [1.29, 1.82) is 0 Å². The molecule has 2 fully saturated rings. The van der Waals surface area contributed by atoms with Gasteiger partial charge in [0.2, 0.25) is 5.91 Å². The van der Waals surface area contributed by atoms with Gasteiger partial charge in [0.1, 0.15) is 48.8 Å². The summed E-state index contributed by atoms with van der Waals surface area (Å²) < 4.78 is 36.9. The second-order valence-electron chi connectivity index (χ2n) is 16.1. The topological polar surface area (TPSA) is 186 Å². The molecule has 2 aliphatic rings. The molecule has 16 heteroatoms. The first-order chi connectivity index (χ1) is 22.4. The number of anilines is 1. The fourth-order valence-corrected chi connectivity index (χ4v) is 7.00. The van der Waals surface area contributed by atoms with E-state index in [2.05, 4.69) is 60.0 Å². The van der Waals surface area contributed by atoms with Gasteiger partial charge >= 0.3 is 0 Å². The molecule has 0 saturated carbocycles. The third kappa shape index (κ3) is 10.5. The Hall–Kier alpha value is -1.03. The zero-order valence-electron chi connectivity index (χ0n) is 30.6. The van der Waals surface area contributed by atoms with Crippen molar-refractivity contribution in [3.63, 3.8) is 0 Å². The Morgan fingerprint density at radius 3 is 1.84 bits per heavy atom. The first-order valence-electron chi connectivity index (χ1n) is 16.7. The van der Waals surface area contributed by atoms with Gasteiger partial charge in [-0.2, -0.15) is 0 Å². The van der Waals surface area contributed by atoms with Crippen molar-refractivity contribution in [3.8, 4) is 0 Å². The van der Waals surface area contributed by atoms with Gasteiger partial charge in [0, 0.05) is 6.92 Å². The molecule has 6 N–H and O–H groups in total. The summed E-state index contributed by atoms with van der Waals surface area (Å²) in [7, 11) is -4.62. The Labute approximate surface area is 297 Å². The van der Waals surface area contributed by atoms with E-state index in [4.69, 9.17) is 39.4 Å². The van der Waals surface area contributed by atoms with Crippen LogP contribution in [-0.2, 0) is 39.2 Å². The summed E-state index contributed by atoms with van der Waals surface area (Å²) in [6.07, 6.45) is -14.2. The van der Waals surface area contributed by atoms with Gasteiger partial charge in [-0.25, -0.2) is 0 Å². The van der Waals surface area contributed by atoms with Crippen LogP contribution in [0.25, 0.3) is 0 Å². The number of carbonyl (C=O) groups excluding carboxylic acids is 1. The minimum Gasteiger partial charge on any atom is -0.414 e. The smallest absolute Gasteiger partial charge is 0.221 e. The second kappa shape index (κ2) is 16.3. The molecule has 1 amide bonds. The van der Waals surface area contributed by atoms with Gasteiger partial charge in [-0.3, -0.25) is 4.79 Å². The lowest BCUT2D eigenvalue weighted by molar-refractivity contribution is -0.359. The fourth-order valence-electron chi connectivity index (χ4n) is 4.81. The molecule has 10 atom stereocenters. The number of hydrogen-bond acceptors (Lipinski definition) is 12. The third-order valence-corrected chi connectivity index (χ3v) is 19.5. The average Bonchev–Trinajstić information content (AvgIpc) is 2.98. The van der Waals surface area contributed by atoms with Crippen LogP contribution < -0.4 is 5.32 Å². The van der Waals surface area contributed by atoms with Gasteiger partial charge in [0.25, 0.3) is 0 Å². The Morgan fingerprint density at radius 2 is 1.31 bits per heavy atom. The predicted molar refractivity (Wildman–Crippen MR) is 189 cm³/mol. The van der Waals surface area contributed by atoms with Crippen molar-refractivity contribution >= 4 is 39.8 Å². The van der Waals surface area contributed by atoms with Crippen LogP contribution in [0.1, 0.15) is 54.0 Å². The number of amides is 1. The quantitative estimate of drug-likeness (QED) is 0.171. The summed E-state index contributed by atoms with van der Waals surface area (Å²) in [6.45, 7) is 21.8. The average molecular weight is 752 g/mol. The van der Waals surface area contributed by atoms with Crippen molar-refractivity contribution in [2.75, 3.05) is 18.5 Å². The van der Waals surface area contributed by atoms with E-state index >= 15 is 0 Å². The van der Waals surface area contributed by atoms with Crippen LogP contribution in [0.5, 0.6) is 0 Å². The van der Waals surface area contributed by atoms with E-state index in [-0.39, 0.29) is 35.8 Å². The molecule has 0 aromatic heterocycles. The number of ether oxygens (including phenoxy) is 4. The fraction of sp³-hybridized carbons (Fsp3) is 0.788. The van der Waals surface area contributed by atoms with Crippen LogP contribution in [0.15, 0.2) is 18.2 Å². The number of aliphatic hydroxyl groups excluding tert-OH is 5. The molecule has 3 rings (SSSR count). The summed E-state index contributed by atoms with van der Waals surface area (Å²) in [6, 6.07) is 4.92. The predicted octanol–water partition coefficient (Wildman–Crippen LogP) is 3.50. The summed E-state index contributed by atoms with van der Waals surface area (Å²) in [5.41, 5.74) is 1.00.